The molecule has 0 saturated carbocycles. The van der Waals surface area contributed by atoms with Gasteiger partial charge in [0.25, 0.3) is 0 Å². The van der Waals surface area contributed by atoms with Crippen LogP contribution in [0.4, 0.5) is 0 Å². The number of carbonyl (C=O) groups is 1. The molecule has 0 unspecified atom stereocenters. The van der Waals surface area contributed by atoms with Gasteiger partial charge in [-0.25, -0.2) is 0 Å². The third-order valence-electron chi connectivity index (χ3n) is 3.04. The number of fused-ring (bicyclic) bond motifs is 1. The van der Waals surface area contributed by atoms with Gasteiger partial charge in [-0.05, 0) is 0 Å². The van der Waals surface area contributed by atoms with Crippen LogP contribution in [0.5, 0.6) is 0 Å². The summed E-state index contributed by atoms with van der Waals surface area (Å²) in [6.45, 7) is 3.99. The topological polar surface area (TPSA) is 17.1 Å². The van der Waals surface area contributed by atoms with E-state index in [0.29, 0.717) is 5.78 Å². The molecule has 0 amide bonds. The molecule has 0 N–H and O–H groups in total. The van der Waals surface area contributed by atoms with Gasteiger partial charge in [-0.3, -0.25) is 0 Å². The predicted octanol–water partition coefficient (Wildman–Crippen LogP) is 4.58. The average molecular weight is 594 g/mol. The van der Waals surface area contributed by atoms with Crippen molar-refractivity contribution in [2.75, 3.05) is 0 Å². The quantitative estimate of drug-likeness (QED) is 0.375. The molecule has 2 rings (SSSR count). The number of benzene rings is 2. The standard InChI is InChI=1S/C15H16I2OTe/c1-11(2)14(18)10-19(16,17)15-9-5-7-12-6-3-4-8-13(12)15/h3-9,11H,10H2,1-2H3. The van der Waals surface area contributed by atoms with Crippen LogP contribution in [-0.2, 0) is 4.79 Å². The minimum atomic E-state index is -2.37. The van der Waals surface area contributed by atoms with Crippen molar-refractivity contribution in [3.63, 3.8) is 0 Å². The van der Waals surface area contributed by atoms with Gasteiger partial charge in [-0.1, -0.05) is 0 Å². The van der Waals surface area contributed by atoms with E-state index in [1.54, 1.807) is 0 Å². The van der Waals surface area contributed by atoms with Gasteiger partial charge < -0.3 is 0 Å². The van der Waals surface area contributed by atoms with Gasteiger partial charge in [0.2, 0.25) is 0 Å². The Morgan fingerprint density at radius 2 is 1.74 bits per heavy atom. The molecule has 2 aromatic carbocycles. The molecule has 0 aliphatic carbocycles. The molecule has 2 aromatic rings. The van der Waals surface area contributed by atoms with E-state index in [4.69, 9.17) is 0 Å². The first-order chi connectivity index (χ1) is 8.92. The molecule has 102 valence electrons. The molecule has 0 bridgehead atoms. The zero-order chi connectivity index (χ0) is 14.0. The number of hydrogen-bond donors (Lipinski definition) is 0. The van der Waals surface area contributed by atoms with Crippen LogP contribution in [0.15, 0.2) is 42.5 Å². The van der Waals surface area contributed by atoms with Gasteiger partial charge in [-0.15, -0.1) is 0 Å². The summed E-state index contributed by atoms with van der Waals surface area (Å²) in [5, 5.41) is 2.60. The summed E-state index contributed by atoms with van der Waals surface area (Å²) in [4.78, 5) is 12.1. The van der Waals surface area contributed by atoms with Gasteiger partial charge >= 0.3 is 139 Å². The van der Waals surface area contributed by atoms with E-state index < -0.39 is 10.3 Å². The first-order valence-electron chi connectivity index (χ1n) is 6.12. The normalized spacial score (nSPS) is 12.9. The molecular weight excluding hydrogens is 578 g/mol. The second-order valence-corrected chi connectivity index (χ2v) is 41.7. The van der Waals surface area contributed by atoms with Gasteiger partial charge in [0.1, 0.15) is 0 Å². The van der Waals surface area contributed by atoms with Crippen LogP contribution < -0.4 is 3.61 Å². The Balaban J connectivity index is 2.45. The van der Waals surface area contributed by atoms with Crippen LogP contribution in [-0.4, -0.2) is 16.1 Å². The summed E-state index contributed by atoms with van der Waals surface area (Å²) < 4.78 is 2.19. The molecule has 0 saturated heterocycles. The zero-order valence-electron chi connectivity index (χ0n) is 10.9. The second-order valence-electron chi connectivity index (χ2n) is 4.82. The molecule has 0 aromatic heterocycles. The fraction of sp³-hybridized carbons (Fsp3) is 0.267. The van der Waals surface area contributed by atoms with Gasteiger partial charge in [0.15, 0.2) is 0 Å². The first kappa shape index (κ1) is 16.0. The van der Waals surface area contributed by atoms with E-state index in [1.165, 1.54) is 14.4 Å². The van der Waals surface area contributed by atoms with Crippen molar-refractivity contribution in [2.24, 2.45) is 5.92 Å². The Bertz CT molecular complexity index is 603. The molecule has 0 radical (unpaired) electrons. The van der Waals surface area contributed by atoms with Crippen molar-refractivity contribution in [2.45, 2.75) is 18.3 Å². The molecule has 19 heavy (non-hydrogen) atoms. The van der Waals surface area contributed by atoms with E-state index in [2.05, 4.69) is 79.9 Å². The third kappa shape index (κ3) is 3.84. The van der Waals surface area contributed by atoms with Gasteiger partial charge in [-0.2, -0.15) is 0 Å². The van der Waals surface area contributed by atoms with Crippen LogP contribution in [0.2, 0.25) is 4.47 Å². The van der Waals surface area contributed by atoms with Crippen molar-refractivity contribution in [3.8, 4) is 0 Å². The second kappa shape index (κ2) is 6.59. The molecule has 0 spiro atoms. The fourth-order valence-corrected chi connectivity index (χ4v) is 15.8. The Morgan fingerprint density at radius 3 is 2.42 bits per heavy atom. The summed E-state index contributed by atoms with van der Waals surface area (Å²) in [5.74, 6) is 0.545. The number of Topliss-reactive ketones (excluding diaryl/α,β-unsaturated/α-hetero) is 1. The van der Waals surface area contributed by atoms with Crippen LogP contribution in [0.25, 0.3) is 10.8 Å². The maximum atomic E-state index is 12.1. The molecule has 0 aliphatic heterocycles. The van der Waals surface area contributed by atoms with Crippen molar-refractivity contribution < 1.29 is 4.79 Å². The zero-order valence-corrected chi connectivity index (χ0v) is 17.5. The van der Waals surface area contributed by atoms with Crippen LogP contribution in [0, 0.1) is 5.92 Å². The summed E-state index contributed by atoms with van der Waals surface area (Å²) in [7, 11) is -2.37. The Hall–Kier alpha value is 0.620. The number of ketones is 1. The van der Waals surface area contributed by atoms with E-state index >= 15 is 0 Å². The van der Waals surface area contributed by atoms with E-state index in [-0.39, 0.29) is 5.92 Å². The Labute approximate surface area is 137 Å². The molecule has 4 heteroatoms. The van der Waals surface area contributed by atoms with Crippen molar-refractivity contribution in [3.05, 3.63) is 42.5 Å². The average Bonchev–Trinajstić information content (AvgIpc) is 2.37. The minimum absolute atomic E-state index is 0.144. The molecule has 0 heterocycles. The van der Waals surface area contributed by atoms with Crippen LogP contribution in [0.1, 0.15) is 13.8 Å². The van der Waals surface area contributed by atoms with Crippen molar-refractivity contribution in [1.82, 2.24) is 0 Å². The number of hydrogen-bond acceptors (Lipinski definition) is 1. The summed E-state index contributed by atoms with van der Waals surface area (Å²) in [6, 6.07) is 15.0. The third-order valence-corrected chi connectivity index (χ3v) is 18.3. The van der Waals surface area contributed by atoms with Gasteiger partial charge in [0, 0.05) is 0 Å². The van der Waals surface area contributed by atoms with Crippen LogP contribution >= 0.6 is 37.4 Å². The van der Waals surface area contributed by atoms with E-state index in [9.17, 15) is 4.79 Å². The summed E-state index contributed by atoms with van der Waals surface area (Å²) >= 11 is 5.19. The molecule has 0 atom stereocenters. The molecule has 1 nitrogen and oxygen atoms in total. The SMILES string of the molecule is CC(C)C(=O)C[Te](I)(I)c1cccc2ccccc12. The van der Waals surface area contributed by atoms with Crippen molar-refractivity contribution in [1.29, 1.82) is 0 Å². The summed E-state index contributed by atoms with van der Waals surface area (Å²) in [5.41, 5.74) is 0. The molecular formula is C15H16I2OTe. The van der Waals surface area contributed by atoms with Gasteiger partial charge in [0.05, 0.1) is 0 Å². The Morgan fingerprint density at radius 1 is 1.11 bits per heavy atom. The monoisotopic (exact) mass is 596 g/mol. The maximum absolute atomic E-state index is 12.1. The number of halogens is 2. The Kier molecular flexibility index (Phi) is 5.55. The first-order valence-corrected chi connectivity index (χ1v) is 22.5. The summed E-state index contributed by atoms with van der Waals surface area (Å²) in [6.07, 6.45) is 0. The molecule has 0 aliphatic rings. The molecule has 0 fully saturated rings. The van der Waals surface area contributed by atoms with Crippen molar-refractivity contribution >= 4 is 67.8 Å². The fourth-order valence-electron chi connectivity index (χ4n) is 1.88. The van der Waals surface area contributed by atoms with E-state index in [1.807, 2.05) is 13.8 Å². The number of carbonyl (C=O) groups excluding carboxylic acids is 1. The predicted molar refractivity (Wildman–Crippen MR) is 102 cm³/mol. The van der Waals surface area contributed by atoms with Crippen LogP contribution in [0.3, 0.4) is 0 Å². The number of rotatable bonds is 4. The van der Waals surface area contributed by atoms with E-state index in [0.717, 1.165) is 4.47 Å².